The molecular formula is C17H18N4O2S. The van der Waals surface area contributed by atoms with Crippen molar-refractivity contribution < 1.29 is 9.47 Å². The molecule has 2 atom stereocenters. The van der Waals surface area contributed by atoms with Gasteiger partial charge in [0.2, 0.25) is 5.88 Å². The molecule has 4 heterocycles. The van der Waals surface area contributed by atoms with Crippen LogP contribution in [-0.4, -0.2) is 34.7 Å². The van der Waals surface area contributed by atoms with E-state index in [1.807, 2.05) is 18.3 Å². The van der Waals surface area contributed by atoms with E-state index < -0.39 is 0 Å². The minimum absolute atomic E-state index is 0.0487. The van der Waals surface area contributed by atoms with Gasteiger partial charge in [0.15, 0.2) is 0 Å². The van der Waals surface area contributed by atoms with Crippen molar-refractivity contribution >= 4 is 27.4 Å². The lowest BCUT2D eigenvalue weighted by Gasteiger charge is -2.21. The molecule has 4 rings (SSSR count). The number of hydrogen-bond donors (Lipinski definition) is 1. The van der Waals surface area contributed by atoms with Crippen LogP contribution in [0.15, 0.2) is 30.0 Å². The van der Waals surface area contributed by atoms with E-state index >= 15 is 0 Å². The number of anilines is 1. The van der Waals surface area contributed by atoms with Crippen LogP contribution in [0.25, 0.3) is 10.2 Å². The summed E-state index contributed by atoms with van der Waals surface area (Å²) < 4.78 is 11.1. The number of nitrogens with zero attached hydrogens (tertiary/aromatic N) is 3. The van der Waals surface area contributed by atoms with Crippen molar-refractivity contribution in [1.82, 2.24) is 15.0 Å². The Labute approximate surface area is 143 Å². The molecular weight excluding hydrogens is 324 g/mol. The summed E-state index contributed by atoms with van der Waals surface area (Å²) >= 11 is 1.64. The van der Waals surface area contributed by atoms with Gasteiger partial charge >= 0.3 is 0 Å². The fourth-order valence-electron chi connectivity index (χ4n) is 3.05. The number of methoxy groups -OCH3 is 1. The van der Waals surface area contributed by atoms with E-state index in [1.165, 1.54) is 5.56 Å². The highest BCUT2D eigenvalue weighted by molar-refractivity contribution is 7.17. The number of thiophene rings is 1. The van der Waals surface area contributed by atoms with Gasteiger partial charge < -0.3 is 14.8 Å². The van der Waals surface area contributed by atoms with Crippen LogP contribution in [0.3, 0.4) is 0 Å². The first-order valence-corrected chi connectivity index (χ1v) is 8.71. The second kappa shape index (κ2) is 6.33. The van der Waals surface area contributed by atoms with Crippen molar-refractivity contribution in [3.05, 3.63) is 41.2 Å². The Morgan fingerprint density at radius 3 is 3.00 bits per heavy atom. The molecule has 0 unspecified atom stereocenters. The van der Waals surface area contributed by atoms with Crippen molar-refractivity contribution in [2.75, 3.05) is 19.0 Å². The molecule has 0 aliphatic carbocycles. The van der Waals surface area contributed by atoms with Crippen LogP contribution < -0.4 is 10.1 Å². The SMILES string of the molecule is COc1ccc([C@H]2OCC[C@@H]2Nc2ncnc3scc(C)c23)cn1. The van der Waals surface area contributed by atoms with Crippen LogP contribution in [0.1, 0.15) is 23.7 Å². The summed E-state index contributed by atoms with van der Waals surface area (Å²) in [6.45, 7) is 2.80. The van der Waals surface area contributed by atoms with Gasteiger partial charge in [-0.05, 0) is 30.4 Å². The number of pyridine rings is 1. The van der Waals surface area contributed by atoms with Crippen molar-refractivity contribution in [3.8, 4) is 5.88 Å². The highest BCUT2D eigenvalue weighted by atomic mass is 32.1. The maximum atomic E-state index is 5.94. The van der Waals surface area contributed by atoms with Crippen molar-refractivity contribution in [2.45, 2.75) is 25.5 Å². The van der Waals surface area contributed by atoms with Gasteiger partial charge in [0, 0.05) is 24.4 Å². The van der Waals surface area contributed by atoms with Crippen LogP contribution in [-0.2, 0) is 4.74 Å². The minimum atomic E-state index is -0.0487. The van der Waals surface area contributed by atoms with E-state index in [-0.39, 0.29) is 12.1 Å². The van der Waals surface area contributed by atoms with Crippen LogP contribution >= 0.6 is 11.3 Å². The summed E-state index contributed by atoms with van der Waals surface area (Å²) in [5.74, 6) is 1.48. The van der Waals surface area contributed by atoms with E-state index in [2.05, 4.69) is 32.6 Å². The van der Waals surface area contributed by atoms with Gasteiger partial charge in [-0.3, -0.25) is 0 Å². The molecule has 1 fully saturated rings. The number of nitrogens with one attached hydrogen (secondary N) is 1. The molecule has 1 aliphatic rings. The Morgan fingerprint density at radius 2 is 2.21 bits per heavy atom. The van der Waals surface area contributed by atoms with Crippen LogP contribution in [0.2, 0.25) is 0 Å². The predicted octanol–water partition coefficient (Wildman–Crippen LogP) is 3.35. The van der Waals surface area contributed by atoms with Gasteiger partial charge in [0.05, 0.1) is 18.5 Å². The number of fused-ring (bicyclic) bond motifs is 1. The number of aromatic nitrogens is 3. The monoisotopic (exact) mass is 342 g/mol. The Hall–Kier alpha value is -2.25. The van der Waals surface area contributed by atoms with Crippen LogP contribution in [0.5, 0.6) is 5.88 Å². The quantitative estimate of drug-likeness (QED) is 0.784. The van der Waals surface area contributed by atoms with E-state index in [4.69, 9.17) is 9.47 Å². The Kier molecular flexibility index (Phi) is 4.03. The van der Waals surface area contributed by atoms with Gasteiger partial charge in [-0.2, -0.15) is 0 Å². The second-order valence-electron chi connectivity index (χ2n) is 5.79. The highest BCUT2D eigenvalue weighted by Crippen LogP contribution is 2.34. The van der Waals surface area contributed by atoms with Crippen molar-refractivity contribution in [1.29, 1.82) is 0 Å². The average Bonchev–Trinajstić information content (AvgIpc) is 3.23. The first-order chi connectivity index (χ1) is 11.8. The van der Waals surface area contributed by atoms with Crippen LogP contribution in [0, 0.1) is 6.92 Å². The summed E-state index contributed by atoms with van der Waals surface area (Å²) in [7, 11) is 1.61. The second-order valence-corrected chi connectivity index (χ2v) is 6.64. The molecule has 0 bridgehead atoms. The molecule has 3 aromatic rings. The molecule has 7 heteroatoms. The zero-order valence-electron chi connectivity index (χ0n) is 13.5. The summed E-state index contributed by atoms with van der Waals surface area (Å²) in [4.78, 5) is 14.1. The molecule has 24 heavy (non-hydrogen) atoms. The fourth-order valence-corrected chi connectivity index (χ4v) is 3.94. The van der Waals surface area contributed by atoms with Gasteiger partial charge in [-0.25, -0.2) is 15.0 Å². The average molecular weight is 342 g/mol. The topological polar surface area (TPSA) is 69.2 Å². The molecule has 6 nitrogen and oxygen atoms in total. The molecule has 3 aromatic heterocycles. The first-order valence-electron chi connectivity index (χ1n) is 7.83. The fraction of sp³-hybridized carbons (Fsp3) is 0.353. The van der Waals surface area contributed by atoms with Gasteiger partial charge in [0.25, 0.3) is 0 Å². The molecule has 0 radical (unpaired) electrons. The van der Waals surface area contributed by atoms with Gasteiger partial charge in [-0.15, -0.1) is 11.3 Å². The summed E-state index contributed by atoms with van der Waals surface area (Å²) in [6.07, 6.45) is 4.30. The maximum absolute atomic E-state index is 5.94. The minimum Gasteiger partial charge on any atom is -0.481 e. The lowest BCUT2D eigenvalue weighted by molar-refractivity contribution is 0.107. The van der Waals surface area contributed by atoms with E-state index in [0.717, 1.165) is 28.0 Å². The van der Waals surface area contributed by atoms with Gasteiger partial charge in [-0.1, -0.05) is 0 Å². The molecule has 1 N–H and O–H groups in total. The zero-order chi connectivity index (χ0) is 16.5. The third kappa shape index (κ3) is 2.70. The smallest absolute Gasteiger partial charge is 0.212 e. The zero-order valence-corrected chi connectivity index (χ0v) is 14.3. The molecule has 0 spiro atoms. The molecule has 1 aliphatic heterocycles. The van der Waals surface area contributed by atoms with E-state index in [0.29, 0.717) is 12.5 Å². The predicted molar refractivity (Wildman–Crippen MR) is 93.7 cm³/mol. The number of ether oxygens (including phenoxy) is 2. The molecule has 0 saturated carbocycles. The third-order valence-electron chi connectivity index (χ3n) is 4.26. The van der Waals surface area contributed by atoms with E-state index in [9.17, 15) is 0 Å². The number of hydrogen-bond acceptors (Lipinski definition) is 7. The van der Waals surface area contributed by atoms with Crippen LogP contribution in [0.4, 0.5) is 5.82 Å². The van der Waals surface area contributed by atoms with Crippen molar-refractivity contribution in [2.24, 2.45) is 0 Å². The molecule has 124 valence electrons. The first kappa shape index (κ1) is 15.3. The largest absolute Gasteiger partial charge is 0.481 e. The lowest BCUT2D eigenvalue weighted by atomic mass is 10.0. The summed E-state index contributed by atoms with van der Waals surface area (Å²) in [6, 6.07) is 4.01. The Morgan fingerprint density at radius 1 is 1.29 bits per heavy atom. The molecule has 0 amide bonds. The number of rotatable bonds is 4. The van der Waals surface area contributed by atoms with E-state index in [1.54, 1.807) is 24.8 Å². The maximum Gasteiger partial charge on any atom is 0.212 e. The molecule has 1 saturated heterocycles. The van der Waals surface area contributed by atoms with Gasteiger partial charge in [0.1, 0.15) is 23.1 Å². The summed E-state index contributed by atoms with van der Waals surface area (Å²) in [5, 5.41) is 6.77. The lowest BCUT2D eigenvalue weighted by Crippen LogP contribution is -2.24. The summed E-state index contributed by atoms with van der Waals surface area (Å²) in [5.41, 5.74) is 2.23. The third-order valence-corrected chi connectivity index (χ3v) is 5.27. The Bertz CT molecular complexity index is 849. The Balaban J connectivity index is 1.61. The molecule has 0 aromatic carbocycles. The standard InChI is InChI=1S/C17H18N4O2S/c1-10-8-24-17-14(10)16(19-9-20-17)21-12-5-6-23-15(12)11-3-4-13(22-2)18-7-11/h3-4,7-9,12,15H,5-6H2,1-2H3,(H,19,20,21)/t12-,15+/m0/s1. The number of aryl methyl sites for hydroxylation is 1. The highest BCUT2D eigenvalue weighted by Gasteiger charge is 2.30. The normalized spacial score (nSPS) is 20.4. The van der Waals surface area contributed by atoms with Crippen molar-refractivity contribution in [3.63, 3.8) is 0 Å².